The molecule has 3 nitrogen and oxygen atoms in total. The fraction of sp³-hybridized carbons (Fsp3) is 0.591. The van der Waals surface area contributed by atoms with Crippen LogP contribution in [0.5, 0.6) is 0 Å². The number of nitrogens with one attached hydrogen (secondary N) is 1. The van der Waals surface area contributed by atoms with E-state index in [1.54, 1.807) is 6.08 Å². The van der Waals surface area contributed by atoms with Gasteiger partial charge in [0.15, 0.2) is 0 Å². The van der Waals surface area contributed by atoms with Crippen molar-refractivity contribution in [3.8, 4) is 0 Å². The fourth-order valence-corrected chi connectivity index (χ4v) is 2.43. The monoisotopic (exact) mass is 382 g/mol. The van der Waals surface area contributed by atoms with Gasteiger partial charge in [-0.2, -0.15) is 0 Å². The van der Waals surface area contributed by atoms with Crippen molar-refractivity contribution in [2.24, 2.45) is 5.73 Å². The first-order chi connectivity index (χ1) is 11.8. The number of rotatable bonds is 12. The summed E-state index contributed by atoms with van der Waals surface area (Å²) in [7, 11) is 0. The Labute approximate surface area is 167 Å². The van der Waals surface area contributed by atoms with Crippen LogP contribution in [-0.2, 0) is 4.79 Å². The second-order valence-electron chi connectivity index (χ2n) is 7.07. The second kappa shape index (κ2) is 17.1. The summed E-state index contributed by atoms with van der Waals surface area (Å²) < 4.78 is 0. The van der Waals surface area contributed by atoms with Gasteiger partial charge in [0.25, 0.3) is 0 Å². The molecular formula is C22H39ClN2O. The SMILES string of the molecule is CC(C)=CCC/C(C)=C/CC/C(C)=C/CC/C(C)=C/C(=O)NCCN.Cl. The summed E-state index contributed by atoms with van der Waals surface area (Å²) in [6, 6.07) is 0. The van der Waals surface area contributed by atoms with Gasteiger partial charge >= 0.3 is 0 Å². The Morgan fingerprint density at radius 3 is 1.73 bits per heavy atom. The molecule has 0 heterocycles. The minimum atomic E-state index is -0.0441. The van der Waals surface area contributed by atoms with Gasteiger partial charge in [-0.25, -0.2) is 0 Å². The van der Waals surface area contributed by atoms with Crippen LogP contribution in [0.4, 0.5) is 0 Å². The average molecular weight is 383 g/mol. The maximum absolute atomic E-state index is 11.6. The van der Waals surface area contributed by atoms with Crippen LogP contribution in [0.15, 0.2) is 46.6 Å². The summed E-state index contributed by atoms with van der Waals surface area (Å²) in [5, 5.41) is 2.76. The van der Waals surface area contributed by atoms with Crippen molar-refractivity contribution in [1.82, 2.24) is 5.32 Å². The van der Waals surface area contributed by atoms with Crippen molar-refractivity contribution >= 4 is 18.3 Å². The topological polar surface area (TPSA) is 55.1 Å². The number of amides is 1. The van der Waals surface area contributed by atoms with Crippen LogP contribution >= 0.6 is 12.4 Å². The van der Waals surface area contributed by atoms with E-state index in [1.807, 2.05) is 6.92 Å². The van der Waals surface area contributed by atoms with Gasteiger partial charge in [-0.3, -0.25) is 4.79 Å². The van der Waals surface area contributed by atoms with Crippen LogP contribution in [0.1, 0.15) is 73.1 Å². The molecule has 0 aliphatic rings. The normalized spacial score (nSPS) is 12.5. The van der Waals surface area contributed by atoms with E-state index in [9.17, 15) is 4.79 Å². The van der Waals surface area contributed by atoms with Crippen LogP contribution in [0.3, 0.4) is 0 Å². The van der Waals surface area contributed by atoms with Gasteiger partial charge in [0, 0.05) is 19.2 Å². The van der Waals surface area contributed by atoms with E-state index >= 15 is 0 Å². The lowest BCUT2D eigenvalue weighted by atomic mass is 10.0. The molecule has 0 fully saturated rings. The molecule has 0 spiro atoms. The number of carbonyl (C=O) groups excluding carboxylic acids is 1. The Balaban J connectivity index is 0. The molecule has 26 heavy (non-hydrogen) atoms. The molecular weight excluding hydrogens is 344 g/mol. The molecule has 0 aromatic heterocycles. The molecule has 0 aliphatic heterocycles. The molecule has 0 radical (unpaired) electrons. The van der Waals surface area contributed by atoms with Crippen molar-refractivity contribution in [2.45, 2.75) is 73.1 Å². The lowest BCUT2D eigenvalue weighted by Crippen LogP contribution is -2.27. The maximum atomic E-state index is 11.6. The highest BCUT2D eigenvalue weighted by Gasteiger charge is 1.97. The molecule has 3 N–H and O–H groups in total. The smallest absolute Gasteiger partial charge is 0.243 e. The first-order valence-electron chi connectivity index (χ1n) is 9.44. The summed E-state index contributed by atoms with van der Waals surface area (Å²) in [6.07, 6.45) is 15.1. The molecule has 1 amide bonds. The Kier molecular flexibility index (Phi) is 17.7. The second-order valence-corrected chi connectivity index (χ2v) is 7.07. The van der Waals surface area contributed by atoms with Gasteiger partial charge in [0.2, 0.25) is 5.91 Å². The summed E-state index contributed by atoms with van der Waals surface area (Å²) in [4.78, 5) is 11.6. The predicted molar refractivity (Wildman–Crippen MR) is 118 cm³/mol. The van der Waals surface area contributed by atoms with Crippen molar-refractivity contribution < 1.29 is 4.79 Å². The lowest BCUT2D eigenvalue weighted by molar-refractivity contribution is -0.116. The molecule has 0 saturated carbocycles. The lowest BCUT2D eigenvalue weighted by Gasteiger charge is -2.03. The van der Waals surface area contributed by atoms with Crippen LogP contribution in [0.25, 0.3) is 0 Å². The Hall–Kier alpha value is -1.32. The first-order valence-corrected chi connectivity index (χ1v) is 9.44. The van der Waals surface area contributed by atoms with E-state index < -0.39 is 0 Å². The van der Waals surface area contributed by atoms with E-state index in [2.05, 4.69) is 51.2 Å². The molecule has 0 aromatic rings. The van der Waals surface area contributed by atoms with Crippen LogP contribution in [0.2, 0.25) is 0 Å². The molecule has 0 aliphatic carbocycles. The molecule has 0 aromatic carbocycles. The number of halogens is 1. The average Bonchev–Trinajstić information content (AvgIpc) is 2.52. The zero-order valence-corrected chi connectivity index (χ0v) is 18.2. The number of hydrogen-bond acceptors (Lipinski definition) is 2. The van der Waals surface area contributed by atoms with E-state index in [0.717, 1.165) is 44.1 Å². The van der Waals surface area contributed by atoms with Crippen molar-refractivity contribution in [3.05, 3.63) is 46.6 Å². The standard InChI is InChI=1S/C22H38N2O.ClH/c1-18(2)9-6-10-19(3)11-7-12-20(4)13-8-14-21(5)17-22(25)24-16-15-23;/h9,11,13,17H,6-8,10,12,14-16,23H2,1-5H3,(H,24,25);1H/b19-11+,20-13+,21-17+;. The molecule has 0 saturated heterocycles. The van der Waals surface area contributed by atoms with Gasteiger partial charge in [-0.15, -0.1) is 12.4 Å². The number of nitrogens with two attached hydrogens (primary N) is 1. The Bertz CT molecular complexity index is 512. The molecule has 0 bridgehead atoms. The number of allylic oxidation sites excluding steroid dienone is 7. The summed E-state index contributed by atoms with van der Waals surface area (Å²) in [5.41, 5.74) is 10.8. The number of carbonyl (C=O) groups is 1. The first kappa shape index (κ1) is 26.9. The summed E-state index contributed by atoms with van der Waals surface area (Å²) in [6.45, 7) is 11.7. The third-order valence-electron chi connectivity index (χ3n) is 3.98. The van der Waals surface area contributed by atoms with Crippen molar-refractivity contribution in [3.63, 3.8) is 0 Å². The summed E-state index contributed by atoms with van der Waals surface area (Å²) >= 11 is 0. The minimum Gasteiger partial charge on any atom is -0.351 e. The third-order valence-corrected chi connectivity index (χ3v) is 3.98. The highest BCUT2D eigenvalue weighted by Crippen LogP contribution is 2.13. The minimum absolute atomic E-state index is 0. The zero-order chi connectivity index (χ0) is 19.1. The van der Waals surface area contributed by atoms with Gasteiger partial charge in [0.1, 0.15) is 0 Å². The van der Waals surface area contributed by atoms with Gasteiger partial charge < -0.3 is 11.1 Å². The highest BCUT2D eigenvalue weighted by molar-refractivity contribution is 5.88. The van der Waals surface area contributed by atoms with Crippen LogP contribution < -0.4 is 11.1 Å². The van der Waals surface area contributed by atoms with E-state index in [4.69, 9.17) is 5.73 Å². The van der Waals surface area contributed by atoms with Gasteiger partial charge in [0.05, 0.1) is 0 Å². The third kappa shape index (κ3) is 17.5. The quantitative estimate of drug-likeness (QED) is 0.339. The van der Waals surface area contributed by atoms with Crippen LogP contribution in [-0.4, -0.2) is 19.0 Å². The molecule has 150 valence electrons. The van der Waals surface area contributed by atoms with E-state index in [-0.39, 0.29) is 18.3 Å². The number of hydrogen-bond donors (Lipinski definition) is 2. The van der Waals surface area contributed by atoms with E-state index in [0.29, 0.717) is 13.1 Å². The van der Waals surface area contributed by atoms with Gasteiger partial charge in [-0.05, 0) is 73.1 Å². The van der Waals surface area contributed by atoms with Crippen molar-refractivity contribution in [2.75, 3.05) is 13.1 Å². The van der Waals surface area contributed by atoms with E-state index in [1.165, 1.54) is 16.7 Å². The summed E-state index contributed by atoms with van der Waals surface area (Å²) in [5.74, 6) is -0.0441. The fourth-order valence-electron chi connectivity index (χ4n) is 2.43. The largest absolute Gasteiger partial charge is 0.351 e. The van der Waals surface area contributed by atoms with Crippen LogP contribution in [0, 0.1) is 0 Å². The molecule has 4 heteroatoms. The molecule has 0 unspecified atom stereocenters. The maximum Gasteiger partial charge on any atom is 0.243 e. The zero-order valence-electron chi connectivity index (χ0n) is 17.4. The van der Waals surface area contributed by atoms with Gasteiger partial charge in [-0.1, -0.05) is 40.5 Å². The van der Waals surface area contributed by atoms with Crippen molar-refractivity contribution in [1.29, 1.82) is 0 Å². The molecule has 0 atom stereocenters. The highest BCUT2D eigenvalue weighted by atomic mass is 35.5. The molecule has 0 rings (SSSR count). The Morgan fingerprint density at radius 1 is 0.808 bits per heavy atom. The Morgan fingerprint density at radius 2 is 1.27 bits per heavy atom. The predicted octanol–water partition coefficient (Wildman–Crippen LogP) is 5.63.